The summed E-state index contributed by atoms with van der Waals surface area (Å²) in [4.78, 5) is 14.3. The molecule has 140 valence electrons. The number of rotatable bonds is 7. The highest BCUT2D eigenvalue weighted by molar-refractivity contribution is 5.85. The highest BCUT2D eigenvalue weighted by Gasteiger charge is 2.25. The molecule has 4 nitrogen and oxygen atoms in total. The number of likely N-dealkylation sites (tertiary alicyclic amines) is 1. The van der Waals surface area contributed by atoms with Crippen LogP contribution in [0.25, 0.3) is 0 Å². The number of nitrogens with one attached hydrogen (secondary N) is 1. The monoisotopic (exact) mass is 374 g/mol. The SMILES string of the molecule is CNCC1CCN(C(=O)COc2ccccc2Cc2ccccc2)C1.Cl. The van der Waals surface area contributed by atoms with Crippen molar-refractivity contribution in [2.45, 2.75) is 12.8 Å². The fraction of sp³-hybridized carbons (Fsp3) is 0.381. The number of hydrogen-bond acceptors (Lipinski definition) is 3. The van der Waals surface area contributed by atoms with Crippen LogP contribution < -0.4 is 10.1 Å². The molecule has 0 radical (unpaired) electrons. The summed E-state index contributed by atoms with van der Waals surface area (Å²) in [6, 6.07) is 18.3. The van der Waals surface area contributed by atoms with Gasteiger partial charge in [0, 0.05) is 19.5 Å². The van der Waals surface area contributed by atoms with Crippen LogP contribution in [0.5, 0.6) is 5.75 Å². The van der Waals surface area contributed by atoms with E-state index in [-0.39, 0.29) is 24.9 Å². The van der Waals surface area contributed by atoms with E-state index < -0.39 is 0 Å². The van der Waals surface area contributed by atoms with Crippen molar-refractivity contribution < 1.29 is 9.53 Å². The second-order valence-corrected chi connectivity index (χ2v) is 6.61. The fourth-order valence-electron chi connectivity index (χ4n) is 3.35. The Labute approximate surface area is 162 Å². The highest BCUT2D eigenvalue weighted by Crippen LogP contribution is 2.22. The first kappa shape index (κ1) is 20.3. The van der Waals surface area contributed by atoms with Gasteiger partial charge in [0.2, 0.25) is 0 Å². The van der Waals surface area contributed by atoms with Crippen LogP contribution >= 0.6 is 12.4 Å². The Kier molecular flexibility index (Phi) is 7.95. The van der Waals surface area contributed by atoms with E-state index >= 15 is 0 Å². The summed E-state index contributed by atoms with van der Waals surface area (Å²) in [6.45, 7) is 2.73. The maximum absolute atomic E-state index is 12.4. The predicted molar refractivity (Wildman–Crippen MR) is 107 cm³/mol. The molecule has 5 heteroatoms. The predicted octanol–water partition coefficient (Wildman–Crippen LogP) is 3.15. The maximum atomic E-state index is 12.4. The van der Waals surface area contributed by atoms with Crippen LogP contribution in [0, 0.1) is 5.92 Å². The van der Waals surface area contributed by atoms with E-state index in [1.807, 2.05) is 48.3 Å². The van der Waals surface area contributed by atoms with Crippen molar-refractivity contribution in [1.29, 1.82) is 0 Å². The lowest BCUT2D eigenvalue weighted by molar-refractivity contribution is -0.132. The number of amides is 1. The van der Waals surface area contributed by atoms with Gasteiger partial charge in [-0.15, -0.1) is 12.4 Å². The van der Waals surface area contributed by atoms with Gasteiger partial charge in [-0.3, -0.25) is 4.79 Å². The van der Waals surface area contributed by atoms with Crippen molar-refractivity contribution in [2.75, 3.05) is 33.3 Å². The molecule has 1 saturated heterocycles. The third-order valence-corrected chi connectivity index (χ3v) is 4.69. The molecular weight excluding hydrogens is 348 g/mol. The van der Waals surface area contributed by atoms with Gasteiger partial charge < -0.3 is 15.0 Å². The van der Waals surface area contributed by atoms with E-state index in [1.54, 1.807) is 0 Å². The van der Waals surface area contributed by atoms with Gasteiger partial charge in [0.05, 0.1) is 0 Å². The molecule has 1 aliphatic rings. The van der Waals surface area contributed by atoms with Crippen molar-refractivity contribution in [2.24, 2.45) is 5.92 Å². The van der Waals surface area contributed by atoms with Gasteiger partial charge >= 0.3 is 0 Å². The lowest BCUT2D eigenvalue weighted by atomic mass is 10.0. The molecule has 2 aromatic carbocycles. The molecule has 0 saturated carbocycles. The van der Waals surface area contributed by atoms with Crippen LogP contribution in [-0.4, -0.2) is 44.1 Å². The molecular formula is C21H27ClN2O2. The summed E-state index contributed by atoms with van der Waals surface area (Å²) < 4.78 is 5.87. The normalized spacial score (nSPS) is 16.2. The molecule has 1 amide bonds. The largest absolute Gasteiger partial charge is 0.483 e. The Morgan fingerprint density at radius 3 is 2.65 bits per heavy atom. The van der Waals surface area contributed by atoms with Gasteiger partial charge in [0.1, 0.15) is 5.75 Å². The lowest BCUT2D eigenvalue weighted by Gasteiger charge is -2.18. The minimum Gasteiger partial charge on any atom is -0.483 e. The Morgan fingerprint density at radius 2 is 1.88 bits per heavy atom. The number of halogens is 1. The van der Waals surface area contributed by atoms with Crippen LogP contribution in [0.1, 0.15) is 17.5 Å². The minimum atomic E-state index is 0. The van der Waals surface area contributed by atoms with E-state index in [0.29, 0.717) is 5.92 Å². The van der Waals surface area contributed by atoms with Crippen molar-refractivity contribution in [1.82, 2.24) is 10.2 Å². The Balaban J connectivity index is 0.00000243. The molecule has 0 aromatic heterocycles. The summed E-state index contributed by atoms with van der Waals surface area (Å²) in [6.07, 6.45) is 1.87. The average Bonchev–Trinajstić information content (AvgIpc) is 3.11. The molecule has 1 atom stereocenters. The fourth-order valence-corrected chi connectivity index (χ4v) is 3.35. The minimum absolute atomic E-state index is 0. The molecule has 1 heterocycles. The number of hydrogen-bond donors (Lipinski definition) is 1. The van der Waals surface area contributed by atoms with E-state index in [9.17, 15) is 4.79 Å². The van der Waals surface area contributed by atoms with Gasteiger partial charge in [-0.1, -0.05) is 48.5 Å². The van der Waals surface area contributed by atoms with Crippen LogP contribution in [0.2, 0.25) is 0 Å². The van der Waals surface area contributed by atoms with Crippen LogP contribution in [0.4, 0.5) is 0 Å². The molecule has 1 aliphatic heterocycles. The first-order chi connectivity index (χ1) is 12.3. The van der Waals surface area contributed by atoms with Gasteiger partial charge in [-0.25, -0.2) is 0 Å². The Bertz CT molecular complexity index is 693. The summed E-state index contributed by atoms with van der Waals surface area (Å²) in [7, 11) is 1.96. The average molecular weight is 375 g/mol. The smallest absolute Gasteiger partial charge is 0.260 e. The van der Waals surface area contributed by atoms with E-state index in [0.717, 1.165) is 43.8 Å². The zero-order valence-corrected chi connectivity index (χ0v) is 16.0. The van der Waals surface area contributed by atoms with E-state index in [2.05, 4.69) is 23.5 Å². The maximum Gasteiger partial charge on any atom is 0.260 e. The lowest BCUT2D eigenvalue weighted by Crippen LogP contribution is -2.34. The molecule has 0 spiro atoms. The number of carbonyl (C=O) groups excluding carboxylic acids is 1. The molecule has 3 rings (SSSR count). The molecule has 0 aliphatic carbocycles. The summed E-state index contributed by atoms with van der Waals surface area (Å²) in [5.74, 6) is 1.43. The molecule has 1 fully saturated rings. The molecule has 1 N–H and O–H groups in total. The van der Waals surface area contributed by atoms with Crippen LogP contribution in [-0.2, 0) is 11.2 Å². The zero-order valence-electron chi connectivity index (χ0n) is 15.2. The number of nitrogens with zero attached hydrogens (tertiary/aromatic N) is 1. The Morgan fingerprint density at radius 1 is 1.15 bits per heavy atom. The number of carbonyl (C=O) groups is 1. The van der Waals surface area contributed by atoms with E-state index in [1.165, 1.54) is 5.56 Å². The van der Waals surface area contributed by atoms with E-state index in [4.69, 9.17) is 4.74 Å². The topological polar surface area (TPSA) is 41.6 Å². The highest BCUT2D eigenvalue weighted by atomic mass is 35.5. The first-order valence-electron chi connectivity index (χ1n) is 8.93. The summed E-state index contributed by atoms with van der Waals surface area (Å²) >= 11 is 0. The van der Waals surface area contributed by atoms with Crippen LogP contribution in [0.15, 0.2) is 54.6 Å². The molecule has 26 heavy (non-hydrogen) atoms. The number of benzene rings is 2. The van der Waals surface area contributed by atoms with Gasteiger partial charge in [-0.05, 0) is 43.1 Å². The quantitative estimate of drug-likeness (QED) is 0.809. The molecule has 1 unspecified atom stereocenters. The van der Waals surface area contributed by atoms with Gasteiger partial charge in [-0.2, -0.15) is 0 Å². The summed E-state index contributed by atoms with van der Waals surface area (Å²) in [5, 5.41) is 3.19. The van der Waals surface area contributed by atoms with Gasteiger partial charge in [0.25, 0.3) is 5.91 Å². The standard InChI is InChI=1S/C21H26N2O2.ClH/c1-22-14-18-11-12-23(15-18)21(24)16-25-20-10-6-5-9-19(20)13-17-7-3-2-4-8-17;/h2-10,18,22H,11-16H2,1H3;1H. The van der Waals surface area contributed by atoms with Crippen molar-refractivity contribution in [3.05, 3.63) is 65.7 Å². The second kappa shape index (κ2) is 10.2. The third kappa shape index (κ3) is 5.48. The summed E-state index contributed by atoms with van der Waals surface area (Å²) in [5.41, 5.74) is 2.34. The number of ether oxygens (including phenoxy) is 1. The molecule has 0 bridgehead atoms. The van der Waals surface area contributed by atoms with Crippen molar-refractivity contribution in [3.63, 3.8) is 0 Å². The van der Waals surface area contributed by atoms with Crippen molar-refractivity contribution in [3.8, 4) is 5.75 Å². The Hall–Kier alpha value is -2.04. The van der Waals surface area contributed by atoms with Crippen LogP contribution in [0.3, 0.4) is 0 Å². The molecule has 2 aromatic rings. The van der Waals surface area contributed by atoms with Gasteiger partial charge in [0.15, 0.2) is 6.61 Å². The third-order valence-electron chi connectivity index (χ3n) is 4.69. The first-order valence-corrected chi connectivity index (χ1v) is 8.93. The second-order valence-electron chi connectivity index (χ2n) is 6.61. The number of para-hydroxylation sites is 1. The zero-order chi connectivity index (χ0) is 17.5. The van der Waals surface area contributed by atoms with Crippen molar-refractivity contribution >= 4 is 18.3 Å².